The number of benzene rings is 1. The zero-order valence-electron chi connectivity index (χ0n) is 15.4. The van der Waals surface area contributed by atoms with Gasteiger partial charge in [0.1, 0.15) is 5.82 Å². The molecule has 0 unspecified atom stereocenters. The van der Waals surface area contributed by atoms with E-state index in [4.69, 9.17) is 11.6 Å². The van der Waals surface area contributed by atoms with E-state index in [0.717, 1.165) is 11.6 Å². The highest BCUT2D eigenvalue weighted by Gasteiger charge is 2.34. The van der Waals surface area contributed by atoms with Gasteiger partial charge in [0.2, 0.25) is 5.95 Å². The number of rotatable bonds is 6. The van der Waals surface area contributed by atoms with E-state index in [1.165, 1.54) is 0 Å². The fraction of sp³-hybridized carbons (Fsp3) is 0.444. The summed E-state index contributed by atoms with van der Waals surface area (Å²) in [6, 6.07) is 3.85. The molecule has 1 heterocycles. The number of halogens is 4. The molecule has 0 aliphatic heterocycles. The largest absolute Gasteiger partial charge is 0.433 e. The number of anilines is 3. The predicted molar refractivity (Wildman–Crippen MR) is 101 cm³/mol. The lowest BCUT2D eigenvalue weighted by Gasteiger charge is -2.21. The van der Waals surface area contributed by atoms with Gasteiger partial charge in [0.15, 0.2) is 5.69 Å². The lowest BCUT2D eigenvalue weighted by molar-refractivity contribution is -0.141. The van der Waals surface area contributed by atoms with Crippen LogP contribution in [0.3, 0.4) is 0 Å². The Bertz CT molecular complexity index is 812. The average molecular weight is 403 g/mol. The Morgan fingerprint density at radius 3 is 2.41 bits per heavy atom. The minimum Gasteiger partial charge on any atom is -0.394 e. The number of aromatic nitrogens is 2. The Kier molecular flexibility index (Phi) is 6.54. The molecule has 0 amide bonds. The summed E-state index contributed by atoms with van der Waals surface area (Å²) in [5.74, 6) is -0.256. The second kappa shape index (κ2) is 8.31. The molecule has 2 rings (SSSR count). The minimum absolute atomic E-state index is 0.0197. The van der Waals surface area contributed by atoms with Gasteiger partial charge >= 0.3 is 6.18 Å². The second-order valence-electron chi connectivity index (χ2n) is 6.63. The third-order valence-corrected chi connectivity index (χ3v) is 4.60. The molecule has 1 aromatic carbocycles. The molecule has 5 nitrogen and oxygen atoms in total. The molecule has 0 aliphatic carbocycles. The Balaban J connectivity index is 2.47. The Morgan fingerprint density at radius 1 is 1.19 bits per heavy atom. The average Bonchev–Trinajstić information content (AvgIpc) is 2.58. The van der Waals surface area contributed by atoms with E-state index < -0.39 is 17.9 Å². The fourth-order valence-electron chi connectivity index (χ4n) is 2.45. The maximum atomic E-state index is 13.3. The first-order valence-electron chi connectivity index (χ1n) is 8.39. The van der Waals surface area contributed by atoms with Crippen molar-refractivity contribution in [3.05, 3.63) is 40.0 Å². The quantitative estimate of drug-likeness (QED) is 0.638. The monoisotopic (exact) mass is 402 g/mol. The highest BCUT2D eigenvalue weighted by molar-refractivity contribution is 6.31. The Hall–Kier alpha value is -2.06. The summed E-state index contributed by atoms with van der Waals surface area (Å²) in [6.45, 7) is 6.99. The van der Waals surface area contributed by atoms with E-state index in [-0.39, 0.29) is 24.3 Å². The number of nitrogens with one attached hydrogen (secondary N) is 2. The number of hydrogen-bond donors (Lipinski definition) is 3. The summed E-state index contributed by atoms with van der Waals surface area (Å²) in [7, 11) is 0. The zero-order chi connectivity index (χ0) is 20.4. The van der Waals surface area contributed by atoms with Crippen molar-refractivity contribution in [1.29, 1.82) is 0 Å². The van der Waals surface area contributed by atoms with Crippen LogP contribution in [0.25, 0.3) is 0 Å². The number of alkyl halides is 3. The highest BCUT2D eigenvalue weighted by Crippen LogP contribution is 2.33. The fourth-order valence-corrected chi connectivity index (χ4v) is 2.61. The standard InChI is InChI=1S/C18H22ClF3N4O/c1-9(2)13(8-27)23-17-24-14(18(20,21)22)7-15(26-17)25-16-10(3)5-6-12(19)11(16)4/h5-7,9,13,27H,8H2,1-4H3,(H2,23,24,25,26)/t13-/m0/s1. The lowest BCUT2D eigenvalue weighted by Crippen LogP contribution is -2.30. The van der Waals surface area contributed by atoms with Crippen molar-refractivity contribution in [1.82, 2.24) is 9.97 Å². The van der Waals surface area contributed by atoms with Crippen LogP contribution in [0.2, 0.25) is 5.02 Å². The molecule has 0 saturated heterocycles. The van der Waals surface area contributed by atoms with Gasteiger partial charge in [-0.15, -0.1) is 0 Å². The molecule has 9 heteroatoms. The number of nitrogens with zero attached hydrogens (tertiary/aromatic N) is 2. The van der Waals surface area contributed by atoms with Gasteiger partial charge in [-0.3, -0.25) is 0 Å². The molecular formula is C18H22ClF3N4O. The SMILES string of the molecule is Cc1ccc(Cl)c(C)c1Nc1cc(C(F)(F)F)nc(N[C@@H](CO)C(C)C)n1. The molecule has 1 aromatic heterocycles. The number of aliphatic hydroxyl groups is 1. The smallest absolute Gasteiger partial charge is 0.394 e. The van der Waals surface area contributed by atoms with Crippen LogP contribution in [0.15, 0.2) is 18.2 Å². The topological polar surface area (TPSA) is 70.1 Å². The van der Waals surface area contributed by atoms with E-state index in [1.54, 1.807) is 19.1 Å². The van der Waals surface area contributed by atoms with Crippen LogP contribution in [0, 0.1) is 19.8 Å². The van der Waals surface area contributed by atoms with Crippen LogP contribution in [-0.4, -0.2) is 27.7 Å². The van der Waals surface area contributed by atoms with Gasteiger partial charge in [0.25, 0.3) is 0 Å². The Labute approximate surface area is 161 Å². The molecule has 1 atom stereocenters. The van der Waals surface area contributed by atoms with E-state index in [1.807, 2.05) is 20.8 Å². The van der Waals surface area contributed by atoms with Gasteiger partial charge in [-0.25, -0.2) is 4.98 Å². The van der Waals surface area contributed by atoms with Crippen LogP contribution in [0.1, 0.15) is 30.7 Å². The first kappa shape index (κ1) is 21.2. The van der Waals surface area contributed by atoms with Gasteiger partial charge < -0.3 is 15.7 Å². The van der Waals surface area contributed by atoms with Crippen molar-refractivity contribution in [3.8, 4) is 0 Å². The number of aryl methyl sites for hydroxylation is 1. The number of aliphatic hydroxyl groups excluding tert-OH is 1. The summed E-state index contributed by atoms with van der Waals surface area (Å²) in [5.41, 5.74) is 1.02. The maximum Gasteiger partial charge on any atom is 0.433 e. The van der Waals surface area contributed by atoms with Crippen LogP contribution in [0.5, 0.6) is 0 Å². The number of hydrogen-bond acceptors (Lipinski definition) is 5. The molecule has 0 radical (unpaired) electrons. The Morgan fingerprint density at radius 2 is 1.85 bits per heavy atom. The molecule has 148 valence electrons. The van der Waals surface area contributed by atoms with Gasteiger partial charge in [-0.05, 0) is 37.0 Å². The molecular weight excluding hydrogens is 381 g/mol. The van der Waals surface area contributed by atoms with Crippen LogP contribution in [-0.2, 0) is 6.18 Å². The van der Waals surface area contributed by atoms with Crippen molar-refractivity contribution in [2.45, 2.75) is 39.9 Å². The molecule has 2 aromatic rings. The van der Waals surface area contributed by atoms with Gasteiger partial charge in [-0.2, -0.15) is 18.2 Å². The summed E-state index contributed by atoms with van der Waals surface area (Å²) >= 11 is 6.12. The van der Waals surface area contributed by atoms with Crippen molar-refractivity contribution in [2.75, 3.05) is 17.2 Å². The van der Waals surface area contributed by atoms with Crippen LogP contribution >= 0.6 is 11.6 Å². The minimum atomic E-state index is -4.64. The van der Waals surface area contributed by atoms with Gasteiger partial charge in [-0.1, -0.05) is 31.5 Å². The zero-order valence-corrected chi connectivity index (χ0v) is 16.2. The first-order valence-corrected chi connectivity index (χ1v) is 8.77. The van der Waals surface area contributed by atoms with Crippen molar-refractivity contribution < 1.29 is 18.3 Å². The summed E-state index contributed by atoms with van der Waals surface area (Å²) in [4.78, 5) is 7.69. The maximum absolute atomic E-state index is 13.3. The van der Waals surface area contributed by atoms with Crippen LogP contribution in [0.4, 0.5) is 30.6 Å². The van der Waals surface area contributed by atoms with Crippen molar-refractivity contribution >= 4 is 29.1 Å². The third-order valence-electron chi connectivity index (χ3n) is 4.19. The first-order chi connectivity index (χ1) is 12.5. The van der Waals surface area contributed by atoms with Crippen molar-refractivity contribution in [3.63, 3.8) is 0 Å². The normalized spacial score (nSPS) is 13.0. The molecule has 0 saturated carbocycles. The predicted octanol–water partition coefficient (Wildman–Crippen LogP) is 4.94. The van der Waals surface area contributed by atoms with E-state index in [2.05, 4.69) is 20.6 Å². The highest BCUT2D eigenvalue weighted by atomic mass is 35.5. The molecule has 0 spiro atoms. The molecule has 0 bridgehead atoms. The third kappa shape index (κ3) is 5.23. The molecule has 3 N–H and O–H groups in total. The van der Waals surface area contributed by atoms with E-state index in [9.17, 15) is 18.3 Å². The second-order valence-corrected chi connectivity index (χ2v) is 7.03. The van der Waals surface area contributed by atoms with Crippen molar-refractivity contribution in [2.24, 2.45) is 5.92 Å². The molecule has 27 heavy (non-hydrogen) atoms. The van der Waals surface area contributed by atoms with Crippen LogP contribution < -0.4 is 10.6 Å². The van der Waals surface area contributed by atoms with E-state index >= 15 is 0 Å². The summed E-state index contributed by atoms with van der Waals surface area (Å²) in [6.07, 6.45) is -4.64. The molecule has 0 aliphatic rings. The summed E-state index contributed by atoms with van der Waals surface area (Å²) < 4.78 is 39.8. The van der Waals surface area contributed by atoms with Gasteiger partial charge in [0, 0.05) is 16.8 Å². The van der Waals surface area contributed by atoms with E-state index in [0.29, 0.717) is 16.3 Å². The van der Waals surface area contributed by atoms with Gasteiger partial charge in [0.05, 0.1) is 12.6 Å². The summed E-state index contributed by atoms with van der Waals surface area (Å²) in [5, 5.41) is 15.6. The molecule has 0 fully saturated rings. The lowest BCUT2D eigenvalue weighted by atomic mass is 10.1.